The fourth-order valence-corrected chi connectivity index (χ4v) is 3.39. The van der Waals surface area contributed by atoms with Gasteiger partial charge in [0.25, 0.3) is 6.47 Å². The van der Waals surface area contributed by atoms with Gasteiger partial charge in [-0.2, -0.15) is 0 Å². The Morgan fingerprint density at radius 1 is 0.727 bits per heavy atom. The van der Waals surface area contributed by atoms with Crippen molar-refractivity contribution in [2.75, 3.05) is 0 Å². The van der Waals surface area contributed by atoms with Crippen molar-refractivity contribution in [1.29, 1.82) is 0 Å². The molecule has 110 valence electrons. The maximum absolute atomic E-state index is 8.36. The third-order valence-corrected chi connectivity index (χ3v) is 4.52. The van der Waals surface area contributed by atoms with Crippen LogP contribution in [0.5, 0.6) is 0 Å². The van der Waals surface area contributed by atoms with Crippen molar-refractivity contribution in [3.05, 3.63) is 71.4 Å². The van der Waals surface area contributed by atoms with Crippen LogP contribution in [0.25, 0.3) is 20.2 Å². The quantitative estimate of drug-likeness (QED) is 0.312. The Labute approximate surface area is 177 Å². The molecule has 0 spiro atoms. The number of rotatable bonds is 0. The van der Waals surface area contributed by atoms with E-state index in [1.165, 1.54) is 20.2 Å². The number of thiophene rings is 2. The summed E-state index contributed by atoms with van der Waals surface area (Å²) in [7, 11) is 0. The summed E-state index contributed by atoms with van der Waals surface area (Å²) in [5.41, 5.74) is 0. The minimum absolute atomic E-state index is 0. The van der Waals surface area contributed by atoms with E-state index in [0.717, 1.165) is 0 Å². The van der Waals surface area contributed by atoms with Crippen LogP contribution in [0.3, 0.4) is 0 Å². The van der Waals surface area contributed by atoms with E-state index in [4.69, 9.17) is 9.90 Å². The van der Waals surface area contributed by atoms with E-state index in [-0.39, 0.29) is 55.4 Å². The largest absolute Gasteiger partial charge is 0.144 e. The molecule has 0 bridgehead atoms. The second kappa shape index (κ2) is 11.0. The number of hydrogen-bond acceptors (Lipinski definition) is 3. The molecule has 0 aliphatic heterocycles. The van der Waals surface area contributed by atoms with Gasteiger partial charge in [-0.25, -0.2) is 0 Å². The molecule has 0 saturated heterocycles. The fraction of sp³-hybridized carbons (Fsp3) is 0. The topological polar surface area (TPSA) is 37.3 Å². The Morgan fingerprint density at radius 3 is 1.45 bits per heavy atom. The molecule has 2 heterocycles. The molecule has 1 N–H and O–H groups in total. The molecule has 0 aliphatic rings. The van der Waals surface area contributed by atoms with Gasteiger partial charge in [0.15, 0.2) is 0 Å². The summed E-state index contributed by atoms with van der Waals surface area (Å²) in [5, 5.41) is 13.8. The Morgan fingerprint density at radius 2 is 1.09 bits per heavy atom. The second-order valence-corrected chi connectivity index (χ2v) is 5.92. The van der Waals surface area contributed by atoms with Gasteiger partial charge in [-0.05, 0) is 45.8 Å². The maximum Gasteiger partial charge on any atom is 0.0342 e. The molecule has 0 atom stereocenters. The van der Waals surface area contributed by atoms with Crippen molar-refractivity contribution in [2.45, 2.75) is 0 Å². The number of carboxylic acid groups (broad SMARTS) is 1. The predicted molar refractivity (Wildman–Crippen MR) is 101 cm³/mol. The summed E-state index contributed by atoms with van der Waals surface area (Å²) in [6.07, 6.45) is 0. The molecule has 0 radical (unpaired) electrons. The zero-order valence-corrected chi connectivity index (χ0v) is 12.8. The van der Waals surface area contributed by atoms with Gasteiger partial charge in [0.2, 0.25) is 0 Å². The summed E-state index contributed by atoms with van der Waals surface area (Å²) in [6, 6.07) is 21.1. The minimum Gasteiger partial charge on any atom is -0.144 e. The van der Waals surface area contributed by atoms with Gasteiger partial charge in [0.1, 0.15) is 0 Å². The fourth-order valence-electron chi connectivity index (χ4n) is 1.81. The van der Waals surface area contributed by atoms with Crippen LogP contribution in [0, 0.1) is 0 Å². The molecular weight excluding hydrogens is 438 g/mol. The van der Waals surface area contributed by atoms with Gasteiger partial charge in [-0.1, -0.05) is 36.4 Å². The minimum atomic E-state index is -0.250. The van der Waals surface area contributed by atoms with Crippen LogP contribution >= 0.6 is 22.7 Å². The third-order valence-electron chi connectivity index (χ3n) is 2.72. The second-order valence-electron chi connectivity index (χ2n) is 4.02. The predicted octanol–water partition coefficient (Wildman–Crippen LogP) is 4.59. The van der Waals surface area contributed by atoms with Gasteiger partial charge in [0, 0.05) is 9.40 Å². The zero-order chi connectivity index (χ0) is 14.9. The van der Waals surface area contributed by atoms with Crippen LogP contribution < -0.4 is 0 Å². The molecule has 2 nitrogen and oxygen atoms in total. The Hall–Kier alpha value is -0.599. The van der Waals surface area contributed by atoms with E-state index in [1.54, 1.807) is 22.7 Å². The van der Waals surface area contributed by atoms with Crippen molar-refractivity contribution >= 4 is 98.2 Å². The smallest absolute Gasteiger partial charge is 0.0342 e. The van der Waals surface area contributed by atoms with Crippen LogP contribution in [0.4, 0.5) is 0 Å². The molecule has 5 heteroatoms. The first-order chi connectivity index (χ1) is 10.3. The van der Waals surface area contributed by atoms with Crippen LogP contribution in [-0.2, 0) is 4.79 Å². The SMILES string of the molecule is O=CO.[BaH2].c1ccc2sccc2c1.c1ccc2sccc2c1. The van der Waals surface area contributed by atoms with Crippen molar-refractivity contribution in [3.8, 4) is 0 Å². The van der Waals surface area contributed by atoms with E-state index < -0.39 is 0 Å². The summed E-state index contributed by atoms with van der Waals surface area (Å²) in [5.74, 6) is 0. The van der Waals surface area contributed by atoms with Crippen molar-refractivity contribution in [2.24, 2.45) is 0 Å². The Bertz CT molecular complexity index is 682. The van der Waals surface area contributed by atoms with Crippen molar-refractivity contribution < 1.29 is 9.90 Å². The standard InChI is InChI=1S/2C8H6S.CH2O2.Ba.2H/c2*1-2-4-8-7(3-1)5-6-9-8;2-1-3;;;/h2*1-6H;1H,(H,2,3);;;. The average Bonchev–Trinajstić information content (AvgIpc) is 3.17. The van der Waals surface area contributed by atoms with E-state index in [9.17, 15) is 0 Å². The third kappa shape index (κ3) is 5.89. The molecule has 4 rings (SSSR count). The van der Waals surface area contributed by atoms with Crippen molar-refractivity contribution in [3.63, 3.8) is 0 Å². The number of carbonyl (C=O) groups is 1. The van der Waals surface area contributed by atoms with Gasteiger partial charge >= 0.3 is 48.9 Å². The Kier molecular flexibility index (Phi) is 9.74. The molecular formula is C17H16BaO2S2. The number of hydrogen-bond donors (Lipinski definition) is 1. The van der Waals surface area contributed by atoms with E-state index in [0.29, 0.717) is 0 Å². The maximum atomic E-state index is 8.36. The zero-order valence-electron chi connectivity index (χ0n) is 11.2. The Balaban J connectivity index is 0.000000181. The van der Waals surface area contributed by atoms with Gasteiger partial charge < -0.3 is 5.11 Å². The molecule has 0 saturated carbocycles. The van der Waals surface area contributed by atoms with E-state index >= 15 is 0 Å². The van der Waals surface area contributed by atoms with Gasteiger partial charge in [-0.15, -0.1) is 22.7 Å². The molecule has 0 amide bonds. The molecule has 2 aromatic heterocycles. The molecule has 22 heavy (non-hydrogen) atoms. The van der Waals surface area contributed by atoms with E-state index in [2.05, 4.69) is 71.4 Å². The number of fused-ring (bicyclic) bond motifs is 2. The monoisotopic (exact) mass is 454 g/mol. The van der Waals surface area contributed by atoms with Crippen LogP contribution in [0.2, 0.25) is 0 Å². The number of benzene rings is 2. The first-order valence-electron chi connectivity index (χ1n) is 6.27. The molecule has 0 fully saturated rings. The van der Waals surface area contributed by atoms with Crippen molar-refractivity contribution in [1.82, 2.24) is 0 Å². The molecule has 0 aliphatic carbocycles. The summed E-state index contributed by atoms with van der Waals surface area (Å²) in [6.45, 7) is -0.250. The molecule has 4 aromatic rings. The normalized spacial score (nSPS) is 8.91. The van der Waals surface area contributed by atoms with Crippen LogP contribution in [0.1, 0.15) is 0 Å². The van der Waals surface area contributed by atoms with Gasteiger partial charge in [0.05, 0.1) is 0 Å². The summed E-state index contributed by atoms with van der Waals surface area (Å²) in [4.78, 5) is 8.36. The average molecular weight is 454 g/mol. The van der Waals surface area contributed by atoms with Gasteiger partial charge in [-0.3, -0.25) is 4.79 Å². The van der Waals surface area contributed by atoms with Crippen LogP contribution in [0.15, 0.2) is 71.4 Å². The molecule has 2 aromatic carbocycles. The molecule has 0 unspecified atom stereocenters. The first-order valence-corrected chi connectivity index (χ1v) is 8.03. The van der Waals surface area contributed by atoms with Crippen LogP contribution in [-0.4, -0.2) is 60.5 Å². The van der Waals surface area contributed by atoms with E-state index in [1.807, 2.05) is 0 Å². The summed E-state index contributed by atoms with van der Waals surface area (Å²) < 4.78 is 2.75. The summed E-state index contributed by atoms with van der Waals surface area (Å²) >= 11 is 3.57. The first kappa shape index (κ1) is 19.4.